The maximum atomic E-state index is 14.8. The summed E-state index contributed by atoms with van der Waals surface area (Å²) in [7, 11) is -0.700. The fourth-order valence-corrected chi connectivity index (χ4v) is 9.38. The van der Waals surface area contributed by atoms with Crippen molar-refractivity contribution in [2.75, 3.05) is 32.5 Å². The Bertz CT molecular complexity index is 2300. The van der Waals surface area contributed by atoms with E-state index in [-0.39, 0.29) is 32.0 Å². The topological polar surface area (TPSA) is 205 Å². The molecule has 1 aromatic heterocycles. The summed E-state index contributed by atoms with van der Waals surface area (Å²) >= 11 is 0. The second kappa shape index (κ2) is 17.3. The number of nitrogens with zero attached hydrogens (tertiary/aromatic N) is 3. The number of carbonyl (C=O) groups is 5. The number of pyridine rings is 1. The van der Waals surface area contributed by atoms with Crippen molar-refractivity contribution in [2.45, 2.75) is 86.4 Å². The molecule has 1 aliphatic heterocycles. The van der Waals surface area contributed by atoms with E-state index in [1.807, 2.05) is 48.5 Å². The average Bonchev–Trinajstić information content (AvgIpc) is 4.13. The number of ether oxygens (including phenoxy) is 2. The van der Waals surface area contributed by atoms with Crippen molar-refractivity contribution in [3.05, 3.63) is 79.9 Å². The summed E-state index contributed by atoms with van der Waals surface area (Å²) in [6.45, 7) is 6.90. The average molecular weight is 842 g/mol. The first-order valence-corrected chi connectivity index (χ1v) is 21.8. The van der Waals surface area contributed by atoms with Crippen LogP contribution in [0.2, 0.25) is 0 Å². The van der Waals surface area contributed by atoms with Gasteiger partial charge in [0.25, 0.3) is 5.91 Å². The molecule has 2 aromatic carbocycles. The van der Waals surface area contributed by atoms with Gasteiger partial charge in [-0.05, 0) is 69.2 Å². The van der Waals surface area contributed by atoms with E-state index in [0.29, 0.717) is 48.0 Å². The van der Waals surface area contributed by atoms with E-state index in [2.05, 4.69) is 33.8 Å². The smallest absolute Gasteiger partial charge is 0.408 e. The zero-order valence-electron chi connectivity index (χ0n) is 33.7. The number of sulfonamides is 1. The summed E-state index contributed by atoms with van der Waals surface area (Å²) in [5.41, 5.74) is 1.31. The summed E-state index contributed by atoms with van der Waals surface area (Å²) in [6.07, 6.45) is 4.68. The van der Waals surface area contributed by atoms with Crippen molar-refractivity contribution >= 4 is 56.3 Å². The van der Waals surface area contributed by atoms with E-state index >= 15 is 0 Å². The molecule has 3 aliphatic carbocycles. The molecule has 5 amide bonds. The number of benzene rings is 2. The van der Waals surface area contributed by atoms with Crippen LogP contribution in [-0.2, 0) is 33.9 Å². The largest absolute Gasteiger partial charge is 0.488 e. The summed E-state index contributed by atoms with van der Waals surface area (Å²) in [4.78, 5) is 76.2. The molecule has 0 bridgehead atoms. The van der Waals surface area contributed by atoms with Crippen molar-refractivity contribution in [2.24, 2.45) is 5.92 Å². The number of nitrogens with one attached hydrogen (secondary N) is 4. The highest BCUT2D eigenvalue weighted by Crippen LogP contribution is 2.45. The molecule has 0 spiro atoms. The lowest BCUT2D eigenvalue weighted by atomic mass is 10.1. The van der Waals surface area contributed by atoms with E-state index in [9.17, 15) is 32.4 Å². The van der Waals surface area contributed by atoms with Gasteiger partial charge >= 0.3 is 6.09 Å². The number of likely N-dealkylation sites (tertiary alicyclic amines) is 1. The van der Waals surface area contributed by atoms with Gasteiger partial charge < -0.3 is 35.2 Å². The van der Waals surface area contributed by atoms with Crippen LogP contribution in [0.4, 0.5) is 10.5 Å². The number of likely N-dealkylation sites (N-methyl/N-ethyl adjacent to an activating group) is 1. The van der Waals surface area contributed by atoms with Crippen molar-refractivity contribution in [1.82, 2.24) is 30.1 Å². The first-order valence-electron chi connectivity index (χ1n) is 20.3. The van der Waals surface area contributed by atoms with Gasteiger partial charge in [-0.2, -0.15) is 0 Å². The number of amides is 5. The van der Waals surface area contributed by atoms with Crippen LogP contribution in [-0.4, -0.2) is 115 Å². The Kier molecular flexibility index (Phi) is 12.2. The predicted molar refractivity (Wildman–Crippen MR) is 224 cm³/mol. The van der Waals surface area contributed by atoms with Crippen molar-refractivity contribution < 1.29 is 41.9 Å². The first kappa shape index (κ1) is 42.2. The van der Waals surface area contributed by atoms with E-state index in [1.165, 1.54) is 22.9 Å². The number of alkyl carbamates (subject to hydrolysis) is 1. The standard InChI is InChI=1S/C43H51N7O9S/c1-5-27-23-43(27,41(54)48-60(56,57)31-17-18-31)47-39(52)36-21-30(58-37-22-33(26-12-8-7-9-13-26)45-34-20-28(44-3)16-19-32(34)37)24-50(36)40(53)35(25-49(4)38(51)6-2)46-42(55)59-29-14-10-11-15-29/h5-9,12-13,16,19-20,22,27,29-31,35-36,44H,1-2,10-11,14-15,17-18,21,23-25H2,3-4H3,(H,46,55)(H,47,52)(H,48,54)/t27-,30-,35+,36+,43-/m1/s1. The molecule has 4 aliphatic rings. The normalized spacial score (nSPS) is 22.9. The van der Waals surface area contributed by atoms with Crippen LogP contribution in [0.1, 0.15) is 51.4 Å². The van der Waals surface area contributed by atoms with E-state index in [0.717, 1.165) is 30.2 Å². The van der Waals surface area contributed by atoms with Gasteiger partial charge in [0.05, 0.1) is 29.6 Å². The van der Waals surface area contributed by atoms with Crippen molar-refractivity contribution in [3.63, 3.8) is 0 Å². The van der Waals surface area contributed by atoms with Crippen LogP contribution in [0, 0.1) is 5.92 Å². The van der Waals surface area contributed by atoms with Gasteiger partial charge in [0.15, 0.2) is 0 Å². The van der Waals surface area contributed by atoms with Gasteiger partial charge in [0, 0.05) is 49.1 Å². The first-order chi connectivity index (χ1) is 28.7. The zero-order valence-corrected chi connectivity index (χ0v) is 34.5. The number of rotatable bonds is 16. The Morgan fingerprint density at radius 1 is 1.02 bits per heavy atom. The van der Waals surface area contributed by atoms with Crippen LogP contribution >= 0.6 is 0 Å². The summed E-state index contributed by atoms with van der Waals surface area (Å²) < 4.78 is 40.1. The lowest BCUT2D eigenvalue weighted by molar-refractivity contribution is -0.141. The molecule has 7 rings (SSSR count). The number of aromatic nitrogens is 1. The lowest BCUT2D eigenvalue weighted by Gasteiger charge is -2.31. The number of fused-ring (bicyclic) bond motifs is 1. The second-order valence-electron chi connectivity index (χ2n) is 15.9. The Morgan fingerprint density at radius 2 is 1.75 bits per heavy atom. The molecule has 17 heteroatoms. The number of carbonyl (C=O) groups excluding carboxylic acids is 5. The number of hydrogen-bond donors (Lipinski definition) is 4. The van der Waals surface area contributed by atoms with Gasteiger partial charge in [-0.1, -0.05) is 43.0 Å². The molecule has 16 nitrogen and oxygen atoms in total. The molecule has 1 saturated heterocycles. The fourth-order valence-electron chi connectivity index (χ4n) is 8.02. The molecule has 3 aromatic rings. The lowest BCUT2D eigenvalue weighted by Crippen LogP contribution is -2.59. The molecule has 2 heterocycles. The van der Waals surface area contributed by atoms with Crippen molar-refractivity contribution in [1.29, 1.82) is 0 Å². The molecule has 4 fully saturated rings. The second-order valence-corrected chi connectivity index (χ2v) is 17.9. The molecule has 0 radical (unpaired) electrons. The maximum absolute atomic E-state index is 14.8. The Labute approximate surface area is 349 Å². The highest BCUT2D eigenvalue weighted by Gasteiger charge is 2.62. The molecule has 60 heavy (non-hydrogen) atoms. The molecular weight excluding hydrogens is 791 g/mol. The third-order valence-corrected chi connectivity index (χ3v) is 13.5. The van der Waals surface area contributed by atoms with Gasteiger partial charge in [-0.3, -0.25) is 23.9 Å². The summed E-state index contributed by atoms with van der Waals surface area (Å²) in [5.74, 6) is -2.96. The maximum Gasteiger partial charge on any atom is 0.408 e. The predicted octanol–water partition coefficient (Wildman–Crippen LogP) is 3.64. The van der Waals surface area contributed by atoms with Crippen LogP contribution < -0.4 is 25.4 Å². The van der Waals surface area contributed by atoms with E-state index < -0.39 is 74.6 Å². The Hall–Kier alpha value is -5.97. The highest BCUT2D eigenvalue weighted by atomic mass is 32.2. The van der Waals surface area contributed by atoms with Crippen LogP contribution in [0.25, 0.3) is 22.2 Å². The SMILES string of the molecule is C=CC(=O)N(C)C[C@H](NC(=O)OC1CCCC1)C(=O)N1C[C@H](Oc2cc(-c3ccccc3)nc3cc(NC)ccc23)C[C@H]1C(=O)N[C@]1(C(=O)NS(=O)(=O)C2CC2)C[C@H]1C=C. The Balaban J connectivity index is 1.22. The van der Waals surface area contributed by atoms with Crippen LogP contribution in [0.5, 0.6) is 5.75 Å². The van der Waals surface area contributed by atoms with Gasteiger partial charge in [-0.25, -0.2) is 18.2 Å². The van der Waals surface area contributed by atoms with E-state index in [1.54, 1.807) is 13.1 Å². The summed E-state index contributed by atoms with van der Waals surface area (Å²) in [6, 6.07) is 14.3. The number of anilines is 1. The zero-order chi connectivity index (χ0) is 42.8. The monoisotopic (exact) mass is 841 g/mol. The summed E-state index contributed by atoms with van der Waals surface area (Å²) in [5, 5.41) is 8.56. The van der Waals surface area contributed by atoms with Crippen LogP contribution in [0.3, 0.4) is 0 Å². The number of hydrogen-bond acceptors (Lipinski definition) is 11. The third-order valence-electron chi connectivity index (χ3n) is 11.7. The van der Waals surface area contributed by atoms with Gasteiger partial charge in [0.1, 0.15) is 35.6 Å². The molecule has 5 atom stereocenters. The Morgan fingerprint density at radius 3 is 2.40 bits per heavy atom. The van der Waals surface area contributed by atoms with E-state index in [4.69, 9.17) is 14.5 Å². The van der Waals surface area contributed by atoms with Gasteiger partial charge in [-0.15, -0.1) is 6.58 Å². The van der Waals surface area contributed by atoms with Gasteiger partial charge in [0.2, 0.25) is 27.7 Å². The fraction of sp³-hybridized carbons (Fsp3) is 0.442. The molecular formula is C43H51N7O9S. The molecule has 0 unspecified atom stereocenters. The third kappa shape index (κ3) is 9.10. The highest BCUT2D eigenvalue weighted by molar-refractivity contribution is 7.91. The molecule has 318 valence electrons. The van der Waals surface area contributed by atoms with Crippen molar-refractivity contribution in [3.8, 4) is 17.0 Å². The van der Waals surface area contributed by atoms with Crippen LogP contribution in [0.15, 0.2) is 79.9 Å². The molecule has 3 saturated carbocycles. The quantitative estimate of drug-likeness (QED) is 0.121. The minimum atomic E-state index is -3.95. The minimum Gasteiger partial charge on any atom is -0.488 e. The minimum absolute atomic E-state index is 0.0475. The molecule has 4 N–H and O–H groups in total.